The van der Waals surface area contributed by atoms with Crippen LogP contribution in [0.5, 0.6) is 0 Å². The van der Waals surface area contributed by atoms with E-state index in [2.05, 4.69) is 47.8 Å². The van der Waals surface area contributed by atoms with Crippen LogP contribution >= 0.6 is 59.1 Å². The van der Waals surface area contributed by atoms with Crippen LogP contribution in [0.2, 0.25) is 0 Å². The van der Waals surface area contributed by atoms with Gasteiger partial charge >= 0.3 is 0 Å². The monoisotopic (exact) mass is 438 g/mol. The van der Waals surface area contributed by atoms with Gasteiger partial charge in [-0.2, -0.15) is 0 Å². The molecule has 1 aromatic heterocycles. The van der Waals surface area contributed by atoms with Gasteiger partial charge in [0.25, 0.3) is 0 Å². The highest BCUT2D eigenvalue weighted by molar-refractivity contribution is 9.12. The largest absolute Gasteiger partial charge is 0.384 e. The molecule has 1 unspecified atom stereocenters. The number of rotatable bonds is 2. The second-order valence-electron chi connectivity index (χ2n) is 3.69. The van der Waals surface area contributed by atoms with Gasteiger partial charge in [-0.15, -0.1) is 11.3 Å². The molecule has 0 amide bonds. The van der Waals surface area contributed by atoms with E-state index in [1.54, 1.807) is 11.3 Å². The van der Waals surface area contributed by atoms with Gasteiger partial charge < -0.3 is 5.11 Å². The third-order valence-corrected chi connectivity index (χ3v) is 5.75. The minimum atomic E-state index is -0.598. The molecule has 0 bridgehead atoms. The van der Waals surface area contributed by atoms with E-state index >= 15 is 0 Å². The smallest absolute Gasteiger partial charge is 0.106 e. The fourth-order valence-electron chi connectivity index (χ4n) is 1.56. The molecule has 1 nitrogen and oxygen atoms in total. The Hall–Kier alpha value is 0.320. The second-order valence-corrected chi connectivity index (χ2v) is 8.29. The van der Waals surface area contributed by atoms with Crippen molar-refractivity contribution < 1.29 is 5.11 Å². The van der Waals surface area contributed by atoms with Crippen molar-refractivity contribution in [3.63, 3.8) is 0 Å². The number of aliphatic hydroxyl groups is 1. The summed E-state index contributed by atoms with van der Waals surface area (Å²) in [5.74, 6) is 0. The summed E-state index contributed by atoms with van der Waals surface area (Å²) in [6.07, 6.45) is -0.598. The average molecular weight is 441 g/mol. The lowest BCUT2D eigenvalue weighted by Gasteiger charge is -2.11. The molecule has 5 heteroatoms. The van der Waals surface area contributed by atoms with Gasteiger partial charge in [-0.25, -0.2) is 0 Å². The van der Waals surface area contributed by atoms with Crippen LogP contribution in [0.1, 0.15) is 22.8 Å². The molecule has 1 atom stereocenters. The van der Waals surface area contributed by atoms with E-state index in [4.69, 9.17) is 0 Å². The van der Waals surface area contributed by atoms with Crippen molar-refractivity contribution in [2.24, 2.45) is 0 Å². The van der Waals surface area contributed by atoms with Crippen molar-refractivity contribution in [1.82, 2.24) is 0 Å². The Kier molecular flexibility index (Phi) is 4.47. The molecule has 0 fully saturated rings. The zero-order chi connectivity index (χ0) is 12.6. The zero-order valence-corrected chi connectivity index (χ0v) is 14.5. The Morgan fingerprint density at radius 3 is 2.41 bits per heavy atom. The molecule has 0 aliphatic rings. The van der Waals surface area contributed by atoms with Crippen LogP contribution in [0.25, 0.3) is 0 Å². The SMILES string of the molecule is Cc1cc(C(O)c2cc(Br)sc2Br)ccc1Br. The topological polar surface area (TPSA) is 20.2 Å². The minimum Gasteiger partial charge on any atom is -0.384 e. The molecule has 1 heterocycles. The highest BCUT2D eigenvalue weighted by Crippen LogP contribution is 2.38. The van der Waals surface area contributed by atoms with Gasteiger partial charge in [0.1, 0.15) is 6.10 Å². The fraction of sp³-hybridized carbons (Fsp3) is 0.167. The molecule has 90 valence electrons. The molecule has 0 aliphatic heterocycles. The van der Waals surface area contributed by atoms with Crippen molar-refractivity contribution in [2.75, 3.05) is 0 Å². The van der Waals surface area contributed by atoms with E-state index in [0.717, 1.165) is 28.7 Å². The van der Waals surface area contributed by atoms with Gasteiger partial charge in [0, 0.05) is 10.0 Å². The predicted molar refractivity (Wildman–Crippen MR) is 82.7 cm³/mol. The van der Waals surface area contributed by atoms with Gasteiger partial charge in [0.2, 0.25) is 0 Å². The summed E-state index contributed by atoms with van der Waals surface area (Å²) in [6, 6.07) is 7.83. The van der Waals surface area contributed by atoms with Crippen LogP contribution in [0, 0.1) is 6.92 Å². The molecule has 1 N–H and O–H groups in total. The van der Waals surface area contributed by atoms with E-state index in [1.165, 1.54) is 0 Å². The maximum atomic E-state index is 10.3. The zero-order valence-electron chi connectivity index (χ0n) is 8.88. The van der Waals surface area contributed by atoms with E-state index in [-0.39, 0.29) is 0 Å². The summed E-state index contributed by atoms with van der Waals surface area (Å²) in [4.78, 5) is 0. The quantitative estimate of drug-likeness (QED) is 0.660. The van der Waals surface area contributed by atoms with Crippen LogP contribution in [-0.4, -0.2) is 5.11 Å². The van der Waals surface area contributed by atoms with Crippen molar-refractivity contribution in [3.05, 3.63) is 53.0 Å². The molecular formula is C12H9Br3OS. The van der Waals surface area contributed by atoms with Crippen LogP contribution in [0.15, 0.2) is 36.3 Å². The number of hydrogen-bond donors (Lipinski definition) is 1. The summed E-state index contributed by atoms with van der Waals surface area (Å²) in [5, 5.41) is 10.3. The van der Waals surface area contributed by atoms with Crippen molar-refractivity contribution in [2.45, 2.75) is 13.0 Å². The van der Waals surface area contributed by atoms with E-state index in [9.17, 15) is 5.11 Å². The Balaban J connectivity index is 2.40. The lowest BCUT2D eigenvalue weighted by molar-refractivity contribution is 0.220. The average Bonchev–Trinajstić information content (AvgIpc) is 2.61. The molecular weight excluding hydrogens is 432 g/mol. The van der Waals surface area contributed by atoms with E-state index in [0.29, 0.717) is 0 Å². The maximum absolute atomic E-state index is 10.3. The first-order valence-corrected chi connectivity index (χ1v) is 8.07. The third kappa shape index (κ3) is 3.01. The number of aryl methyl sites for hydroxylation is 1. The first kappa shape index (κ1) is 13.7. The predicted octanol–water partition coefficient (Wildman–Crippen LogP) is 5.43. The van der Waals surface area contributed by atoms with Gasteiger partial charge in [-0.3, -0.25) is 0 Å². The molecule has 17 heavy (non-hydrogen) atoms. The molecule has 2 aromatic rings. The second kappa shape index (κ2) is 5.53. The third-order valence-electron chi connectivity index (χ3n) is 2.48. The molecule has 0 saturated heterocycles. The van der Waals surface area contributed by atoms with E-state index < -0.39 is 6.10 Å². The number of aliphatic hydroxyl groups excluding tert-OH is 1. The summed E-state index contributed by atoms with van der Waals surface area (Å²) < 4.78 is 3.02. The lowest BCUT2D eigenvalue weighted by Crippen LogP contribution is -1.99. The highest BCUT2D eigenvalue weighted by atomic mass is 79.9. The van der Waals surface area contributed by atoms with Crippen molar-refractivity contribution in [3.8, 4) is 0 Å². The van der Waals surface area contributed by atoms with Gasteiger partial charge in [-0.05, 0) is 62.0 Å². The van der Waals surface area contributed by atoms with Crippen molar-refractivity contribution in [1.29, 1.82) is 0 Å². The standard InChI is InChI=1S/C12H9Br3OS/c1-6-4-7(2-3-9(6)13)11(16)8-5-10(14)17-12(8)15/h2-5,11,16H,1H3. The maximum Gasteiger partial charge on any atom is 0.106 e. The van der Waals surface area contributed by atoms with Crippen LogP contribution in [0.3, 0.4) is 0 Å². The Labute approximate surface area is 129 Å². The molecule has 0 saturated carbocycles. The molecule has 1 aromatic carbocycles. The lowest BCUT2D eigenvalue weighted by atomic mass is 10.0. The minimum absolute atomic E-state index is 0.598. The summed E-state index contributed by atoms with van der Waals surface area (Å²) in [6.45, 7) is 2.01. The summed E-state index contributed by atoms with van der Waals surface area (Å²) >= 11 is 11.9. The Bertz CT molecular complexity index is 551. The van der Waals surface area contributed by atoms with Gasteiger partial charge in [0.05, 0.1) is 7.57 Å². The summed E-state index contributed by atoms with van der Waals surface area (Å²) in [7, 11) is 0. The number of halogens is 3. The normalized spacial score (nSPS) is 12.8. The highest BCUT2D eigenvalue weighted by Gasteiger charge is 2.16. The first-order valence-electron chi connectivity index (χ1n) is 4.88. The fourth-order valence-corrected chi connectivity index (χ4v) is 4.69. The first-order chi connectivity index (χ1) is 7.99. The van der Waals surface area contributed by atoms with Crippen LogP contribution in [-0.2, 0) is 0 Å². The van der Waals surface area contributed by atoms with Crippen molar-refractivity contribution >= 4 is 59.1 Å². The number of benzene rings is 1. The molecule has 0 aliphatic carbocycles. The van der Waals surface area contributed by atoms with Gasteiger partial charge in [-0.1, -0.05) is 28.1 Å². The summed E-state index contributed by atoms with van der Waals surface area (Å²) in [5.41, 5.74) is 2.91. The van der Waals surface area contributed by atoms with E-state index in [1.807, 2.05) is 31.2 Å². The number of thiophene rings is 1. The van der Waals surface area contributed by atoms with Gasteiger partial charge in [0.15, 0.2) is 0 Å². The van der Waals surface area contributed by atoms with Crippen LogP contribution < -0.4 is 0 Å². The molecule has 0 spiro atoms. The van der Waals surface area contributed by atoms with Crippen LogP contribution in [0.4, 0.5) is 0 Å². The Morgan fingerprint density at radius 1 is 1.18 bits per heavy atom. The molecule has 2 rings (SSSR count). The Morgan fingerprint density at radius 2 is 1.88 bits per heavy atom. The number of hydrogen-bond acceptors (Lipinski definition) is 2. The molecule has 0 radical (unpaired) electrons.